The summed E-state index contributed by atoms with van der Waals surface area (Å²) >= 11 is 0. The van der Waals surface area contributed by atoms with Crippen molar-refractivity contribution in [2.45, 2.75) is 19.8 Å². The Hall–Kier alpha value is -0.446. The first-order valence-electron chi connectivity index (χ1n) is 5.49. The van der Waals surface area contributed by atoms with Gasteiger partial charge < -0.3 is 17.8 Å². The van der Waals surface area contributed by atoms with Crippen LogP contribution in [0.5, 0.6) is 0 Å². The number of Topliss-reactive ketones (excluding diaryl/α,β-unsaturated/α-hetero) is 1. The molecule has 1 aromatic carbocycles. The summed E-state index contributed by atoms with van der Waals surface area (Å²) in [6.07, 6.45) is 1.47. The molecule has 17 heavy (non-hydrogen) atoms. The SMILES string of the molecule is [CH2-]CC1Cc2c(cc(C)c3c2NNN3)C1=O.[Y]. The Kier molecular flexibility index (Phi) is 3.57. The topological polar surface area (TPSA) is 53.2 Å². The van der Waals surface area contributed by atoms with E-state index < -0.39 is 0 Å². The van der Waals surface area contributed by atoms with Gasteiger partial charge in [0, 0.05) is 38.3 Å². The molecule has 1 aliphatic heterocycles. The molecule has 4 nitrogen and oxygen atoms in total. The van der Waals surface area contributed by atoms with Crippen LogP contribution in [0.2, 0.25) is 0 Å². The van der Waals surface area contributed by atoms with Crippen LogP contribution in [0, 0.1) is 19.8 Å². The van der Waals surface area contributed by atoms with E-state index in [1.807, 2.05) is 13.0 Å². The number of benzene rings is 1. The average Bonchev–Trinajstić information content (AvgIpc) is 2.85. The molecule has 87 valence electrons. The first-order chi connectivity index (χ1) is 7.72. The molecule has 1 radical (unpaired) electrons. The second-order valence-corrected chi connectivity index (χ2v) is 4.40. The van der Waals surface area contributed by atoms with Crippen LogP contribution < -0.4 is 16.4 Å². The van der Waals surface area contributed by atoms with Crippen molar-refractivity contribution in [3.63, 3.8) is 0 Å². The third-order valence-electron chi connectivity index (χ3n) is 3.44. The number of hydrazine groups is 2. The van der Waals surface area contributed by atoms with E-state index in [1.54, 1.807) is 0 Å². The zero-order chi connectivity index (χ0) is 11.3. The first kappa shape index (κ1) is 13.0. The Morgan fingerprint density at radius 2 is 2.12 bits per heavy atom. The van der Waals surface area contributed by atoms with E-state index in [0.717, 1.165) is 34.5 Å². The maximum absolute atomic E-state index is 12.1. The maximum Gasteiger partial charge on any atom is 0.164 e. The van der Waals surface area contributed by atoms with Gasteiger partial charge >= 0.3 is 0 Å². The van der Waals surface area contributed by atoms with Crippen LogP contribution in [0.25, 0.3) is 0 Å². The summed E-state index contributed by atoms with van der Waals surface area (Å²) in [7, 11) is 0. The predicted molar refractivity (Wildman–Crippen MR) is 63.1 cm³/mol. The van der Waals surface area contributed by atoms with Crippen molar-refractivity contribution in [2.75, 3.05) is 10.9 Å². The van der Waals surface area contributed by atoms with Crippen LogP contribution in [0.15, 0.2) is 6.07 Å². The number of nitrogens with one attached hydrogen (secondary N) is 3. The van der Waals surface area contributed by atoms with Crippen LogP contribution >= 0.6 is 0 Å². The van der Waals surface area contributed by atoms with Crippen LogP contribution in [-0.4, -0.2) is 5.78 Å². The Labute approximate surface area is 126 Å². The quantitative estimate of drug-likeness (QED) is 0.693. The van der Waals surface area contributed by atoms with Gasteiger partial charge in [-0.25, -0.2) is 0 Å². The van der Waals surface area contributed by atoms with E-state index >= 15 is 0 Å². The van der Waals surface area contributed by atoms with E-state index in [2.05, 4.69) is 23.3 Å². The number of ketones is 1. The molecule has 3 rings (SSSR count). The molecule has 0 saturated carbocycles. The van der Waals surface area contributed by atoms with Gasteiger partial charge in [-0.1, -0.05) is 0 Å². The zero-order valence-electron chi connectivity index (χ0n) is 9.76. The van der Waals surface area contributed by atoms with Crippen molar-refractivity contribution in [3.05, 3.63) is 29.7 Å². The molecule has 5 heteroatoms. The van der Waals surface area contributed by atoms with Crippen molar-refractivity contribution in [2.24, 2.45) is 5.92 Å². The number of hydrogen-bond acceptors (Lipinski definition) is 4. The number of anilines is 2. The Morgan fingerprint density at radius 3 is 2.82 bits per heavy atom. The van der Waals surface area contributed by atoms with Gasteiger partial charge in [0.15, 0.2) is 5.78 Å². The van der Waals surface area contributed by atoms with E-state index in [0.29, 0.717) is 6.42 Å². The van der Waals surface area contributed by atoms with Crippen molar-refractivity contribution in [1.29, 1.82) is 0 Å². The van der Waals surface area contributed by atoms with Gasteiger partial charge in [0.25, 0.3) is 0 Å². The van der Waals surface area contributed by atoms with Gasteiger partial charge in [0.05, 0.1) is 11.4 Å². The Morgan fingerprint density at radius 1 is 1.41 bits per heavy atom. The van der Waals surface area contributed by atoms with Crippen molar-refractivity contribution in [1.82, 2.24) is 5.53 Å². The monoisotopic (exact) mass is 305 g/mol. The molecular formula is C12H14N3OY-. The number of aryl methyl sites for hydroxylation is 1. The summed E-state index contributed by atoms with van der Waals surface area (Å²) in [5.41, 5.74) is 14.2. The van der Waals surface area contributed by atoms with Crippen LogP contribution in [0.4, 0.5) is 11.4 Å². The summed E-state index contributed by atoms with van der Waals surface area (Å²) in [4.78, 5) is 12.1. The molecule has 2 aliphatic rings. The third kappa shape index (κ3) is 1.83. The summed E-state index contributed by atoms with van der Waals surface area (Å²) in [6, 6.07) is 1.98. The van der Waals surface area contributed by atoms with E-state index in [1.165, 1.54) is 0 Å². The Bertz CT molecular complexity index is 487. The molecule has 0 spiro atoms. The minimum atomic E-state index is 0. The molecule has 0 fully saturated rings. The molecule has 0 aromatic heterocycles. The summed E-state index contributed by atoms with van der Waals surface area (Å²) in [6.45, 7) is 5.85. The number of hydrogen-bond donors (Lipinski definition) is 3. The van der Waals surface area contributed by atoms with Crippen LogP contribution in [-0.2, 0) is 39.1 Å². The van der Waals surface area contributed by atoms with Gasteiger partial charge in [0.2, 0.25) is 0 Å². The smallest absolute Gasteiger partial charge is 0.164 e. The average molecular weight is 305 g/mol. The van der Waals surface area contributed by atoms with Gasteiger partial charge in [-0.15, -0.1) is 5.53 Å². The minimum absolute atomic E-state index is 0. The molecule has 1 heterocycles. The number of carbonyl (C=O) groups excluding carboxylic acids is 1. The van der Waals surface area contributed by atoms with Crippen molar-refractivity contribution >= 4 is 17.2 Å². The van der Waals surface area contributed by atoms with Gasteiger partial charge in [-0.2, -0.15) is 6.42 Å². The second-order valence-electron chi connectivity index (χ2n) is 4.40. The van der Waals surface area contributed by atoms with Gasteiger partial charge in [-0.3, -0.25) is 4.79 Å². The maximum atomic E-state index is 12.1. The summed E-state index contributed by atoms with van der Waals surface area (Å²) < 4.78 is 0. The number of fused-ring (bicyclic) bond motifs is 3. The zero-order valence-corrected chi connectivity index (χ0v) is 12.6. The standard InChI is InChI=1S/C12H14N3O.Y/c1-3-7-5-8-9(12(7)16)4-6(2)10-11(8)14-15-13-10;/h4,7,13-15H,1,3,5H2,2H3;/q-1;. The van der Waals surface area contributed by atoms with Gasteiger partial charge in [0.1, 0.15) is 0 Å². The fourth-order valence-corrected chi connectivity index (χ4v) is 2.54. The van der Waals surface area contributed by atoms with E-state index in [-0.39, 0.29) is 44.4 Å². The number of rotatable bonds is 1. The largest absolute Gasteiger partial charge is 0.343 e. The molecule has 1 atom stereocenters. The van der Waals surface area contributed by atoms with Crippen molar-refractivity contribution in [3.8, 4) is 0 Å². The molecule has 3 N–H and O–H groups in total. The third-order valence-corrected chi connectivity index (χ3v) is 3.44. The normalized spacial score (nSPS) is 20.1. The van der Waals surface area contributed by atoms with Gasteiger partial charge in [-0.05, 0) is 36.5 Å². The predicted octanol–water partition coefficient (Wildman–Crippen LogP) is 1.83. The fourth-order valence-electron chi connectivity index (χ4n) is 2.54. The molecule has 1 unspecified atom stereocenters. The van der Waals surface area contributed by atoms with Crippen LogP contribution in [0.3, 0.4) is 0 Å². The second kappa shape index (κ2) is 4.67. The molecular weight excluding hydrogens is 291 g/mol. The Balaban J connectivity index is 0.00000108. The minimum Gasteiger partial charge on any atom is -0.343 e. The summed E-state index contributed by atoms with van der Waals surface area (Å²) in [5, 5.41) is 0. The van der Waals surface area contributed by atoms with Crippen molar-refractivity contribution < 1.29 is 37.5 Å². The van der Waals surface area contributed by atoms with E-state index in [9.17, 15) is 4.79 Å². The molecule has 0 amide bonds. The fraction of sp³-hybridized carbons (Fsp3) is 0.333. The summed E-state index contributed by atoms with van der Waals surface area (Å²) in [5.74, 6) is 0.299. The van der Waals surface area contributed by atoms with Crippen LogP contribution in [0.1, 0.15) is 27.9 Å². The first-order valence-corrected chi connectivity index (χ1v) is 5.49. The number of carbonyl (C=O) groups is 1. The molecule has 0 saturated heterocycles. The van der Waals surface area contributed by atoms with E-state index in [4.69, 9.17) is 0 Å². The molecule has 1 aromatic rings. The molecule has 0 bridgehead atoms. The molecule has 1 aliphatic carbocycles.